The van der Waals surface area contributed by atoms with E-state index in [0.717, 1.165) is 37.9 Å². The first-order chi connectivity index (χ1) is 10.5. The van der Waals surface area contributed by atoms with E-state index in [9.17, 15) is 9.90 Å². The van der Waals surface area contributed by atoms with Crippen LogP contribution in [0.15, 0.2) is 24.3 Å². The Hall–Kier alpha value is -1.06. The standard InChI is InChI=1S/C18H26ClNO2/c1-13(2)3-8-17(21)20-11-9-15(10-12-20)18(22)14-4-6-16(19)7-5-14/h4-7,13,15,18,22H,3,8-12H2,1-2H3. The average molecular weight is 324 g/mol. The third-order valence-corrected chi connectivity index (χ3v) is 4.74. The number of carbonyl (C=O) groups excluding carboxylic acids is 1. The maximum absolute atomic E-state index is 12.1. The summed E-state index contributed by atoms with van der Waals surface area (Å²) in [5, 5.41) is 11.2. The van der Waals surface area contributed by atoms with Crippen LogP contribution in [-0.2, 0) is 4.79 Å². The molecule has 1 amide bonds. The predicted octanol–water partition coefficient (Wildman–Crippen LogP) is 4.05. The van der Waals surface area contributed by atoms with E-state index < -0.39 is 6.10 Å². The third-order valence-electron chi connectivity index (χ3n) is 4.49. The molecule has 1 heterocycles. The van der Waals surface area contributed by atoms with Crippen LogP contribution >= 0.6 is 11.6 Å². The number of rotatable bonds is 5. The largest absolute Gasteiger partial charge is 0.388 e. The minimum Gasteiger partial charge on any atom is -0.388 e. The molecule has 4 heteroatoms. The van der Waals surface area contributed by atoms with Crippen LogP contribution in [0.4, 0.5) is 0 Å². The summed E-state index contributed by atoms with van der Waals surface area (Å²) in [7, 11) is 0. The van der Waals surface area contributed by atoms with Crippen molar-refractivity contribution in [2.75, 3.05) is 13.1 Å². The quantitative estimate of drug-likeness (QED) is 0.888. The lowest BCUT2D eigenvalue weighted by atomic mass is 9.87. The van der Waals surface area contributed by atoms with E-state index in [2.05, 4.69) is 13.8 Å². The summed E-state index contributed by atoms with van der Waals surface area (Å²) in [6.45, 7) is 5.79. The maximum Gasteiger partial charge on any atom is 0.222 e. The fraction of sp³-hybridized carbons (Fsp3) is 0.611. The van der Waals surface area contributed by atoms with Crippen molar-refractivity contribution in [2.45, 2.75) is 45.6 Å². The smallest absolute Gasteiger partial charge is 0.222 e. The molecule has 0 aliphatic carbocycles. The molecule has 3 nitrogen and oxygen atoms in total. The number of aliphatic hydroxyl groups excluding tert-OH is 1. The van der Waals surface area contributed by atoms with Crippen LogP contribution in [0.5, 0.6) is 0 Å². The first-order valence-electron chi connectivity index (χ1n) is 8.18. The van der Waals surface area contributed by atoms with Crippen LogP contribution in [0.3, 0.4) is 0 Å². The molecule has 1 fully saturated rings. The summed E-state index contributed by atoms with van der Waals surface area (Å²) in [5.74, 6) is 1.04. The molecule has 1 aliphatic rings. The molecule has 1 unspecified atom stereocenters. The van der Waals surface area contributed by atoms with Crippen LogP contribution in [0.1, 0.15) is 51.2 Å². The van der Waals surface area contributed by atoms with Gasteiger partial charge in [-0.15, -0.1) is 0 Å². The summed E-state index contributed by atoms with van der Waals surface area (Å²) in [5.41, 5.74) is 0.911. The van der Waals surface area contributed by atoms with Gasteiger partial charge in [0.05, 0.1) is 6.10 Å². The van der Waals surface area contributed by atoms with Crippen LogP contribution in [0, 0.1) is 11.8 Å². The Morgan fingerprint density at radius 2 is 1.86 bits per heavy atom. The van der Waals surface area contributed by atoms with Crippen LogP contribution in [0.25, 0.3) is 0 Å². The summed E-state index contributed by atoms with van der Waals surface area (Å²) in [6, 6.07) is 7.38. The lowest BCUT2D eigenvalue weighted by molar-refractivity contribution is -0.133. The van der Waals surface area contributed by atoms with Gasteiger partial charge in [0.2, 0.25) is 5.91 Å². The molecule has 1 aliphatic heterocycles. The highest BCUT2D eigenvalue weighted by Gasteiger charge is 2.28. The number of aliphatic hydroxyl groups is 1. The molecular formula is C18H26ClNO2. The van der Waals surface area contributed by atoms with E-state index in [0.29, 0.717) is 17.4 Å². The molecule has 22 heavy (non-hydrogen) atoms. The second kappa shape index (κ2) is 7.98. The number of nitrogens with zero attached hydrogens (tertiary/aromatic N) is 1. The van der Waals surface area contributed by atoms with E-state index in [-0.39, 0.29) is 11.8 Å². The van der Waals surface area contributed by atoms with Gasteiger partial charge in [-0.3, -0.25) is 4.79 Å². The molecule has 0 aromatic heterocycles. The zero-order valence-corrected chi connectivity index (χ0v) is 14.2. The topological polar surface area (TPSA) is 40.5 Å². The van der Waals surface area contributed by atoms with Crippen molar-refractivity contribution in [3.05, 3.63) is 34.9 Å². The second-order valence-corrected chi connectivity index (χ2v) is 7.08. The van der Waals surface area contributed by atoms with Crippen molar-refractivity contribution < 1.29 is 9.90 Å². The number of likely N-dealkylation sites (tertiary alicyclic amines) is 1. The van der Waals surface area contributed by atoms with E-state index in [1.54, 1.807) is 0 Å². The Kier molecular flexibility index (Phi) is 6.27. The predicted molar refractivity (Wildman–Crippen MR) is 89.8 cm³/mol. The zero-order valence-electron chi connectivity index (χ0n) is 13.5. The molecule has 1 N–H and O–H groups in total. The normalized spacial score (nSPS) is 17.8. The number of amides is 1. The highest BCUT2D eigenvalue weighted by atomic mass is 35.5. The first kappa shape index (κ1) is 17.3. The van der Waals surface area contributed by atoms with Gasteiger partial charge in [-0.1, -0.05) is 37.6 Å². The molecule has 0 bridgehead atoms. The van der Waals surface area contributed by atoms with Crippen molar-refractivity contribution in [1.82, 2.24) is 4.90 Å². The van der Waals surface area contributed by atoms with Gasteiger partial charge in [-0.05, 0) is 48.8 Å². The zero-order chi connectivity index (χ0) is 16.1. The molecule has 122 valence electrons. The van der Waals surface area contributed by atoms with Crippen LogP contribution < -0.4 is 0 Å². The van der Waals surface area contributed by atoms with Crippen molar-refractivity contribution in [3.8, 4) is 0 Å². The average Bonchev–Trinajstić information content (AvgIpc) is 2.53. The molecule has 0 spiro atoms. The Balaban J connectivity index is 1.83. The van der Waals surface area contributed by atoms with Crippen LogP contribution in [-0.4, -0.2) is 29.0 Å². The lowest BCUT2D eigenvalue weighted by Gasteiger charge is -2.34. The van der Waals surface area contributed by atoms with Crippen molar-refractivity contribution in [3.63, 3.8) is 0 Å². The summed E-state index contributed by atoms with van der Waals surface area (Å²) >= 11 is 5.88. The summed E-state index contributed by atoms with van der Waals surface area (Å²) in [4.78, 5) is 14.1. The van der Waals surface area contributed by atoms with E-state index >= 15 is 0 Å². The molecule has 0 saturated carbocycles. The number of hydrogen-bond donors (Lipinski definition) is 1. The Bertz CT molecular complexity index is 478. The molecule has 1 aromatic carbocycles. The molecule has 2 rings (SSSR count). The molecule has 0 radical (unpaired) electrons. The van der Waals surface area contributed by atoms with Gasteiger partial charge in [0.1, 0.15) is 0 Å². The first-order valence-corrected chi connectivity index (χ1v) is 8.56. The second-order valence-electron chi connectivity index (χ2n) is 6.65. The fourth-order valence-electron chi connectivity index (χ4n) is 2.97. The van der Waals surface area contributed by atoms with Gasteiger partial charge in [-0.2, -0.15) is 0 Å². The fourth-order valence-corrected chi connectivity index (χ4v) is 3.09. The molecular weight excluding hydrogens is 298 g/mol. The van der Waals surface area contributed by atoms with Gasteiger partial charge >= 0.3 is 0 Å². The van der Waals surface area contributed by atoms with Crippen molar-refractivity contribution >= 4 is 17.5 Å². The monoisotopic (exact) mass is 323 g/mol. The summed E-state index contributed by atoms with van der Waals surface area (Å²) in [6.07, 6.45) is 2.84. The minimum atomic E-state index is -0.467. The van der Waals surface area contributed by atoms with Gasteiger partial charge in [0.25, 0.3) is 0 Å². The van der Waals surface area contributed by atoms with E-state index in [1.165, 1.54) is 0 Å². The highest BCUT2D eigenvalue weighted by Crippen LogP contribution is 2.31. The van der Waals surface area contributed by atoms with Gasteiger partial charge in [0, 0.05) is 24.5 Å². The Morgan fingerprint density at radius 3 is 2.41 bits per heavy atom. The van der Waals surface area contributed by atoms with Crippen LogP contribution in [0.2, 0.25) is 5.02 Å². The van der Waals surface area contributed by atoms with E-state index in [1.807, 2.05) is 29.2 Å². The number of piperidine rings is 1. The van der Waals surface area contributed by atoms with Crippen molar-refractivity contribution in [1.29, 1.82) is 0 Å². The SMILES string of the molecule is CC(C)CCC(=O)N1CCC(C(O)c2ccc(Cl)cc2)CC1. The number of halogens is 1. The lowest BCUT2D eigenvalue weighted by Crippen LogP contribution is -2.39. The molecule has 1 aromatic rings. The Labute approximate surface area is 138 Å². The maximum atomic E-state index is 12.1. The summed E-state index contributed by atoms with van der Waals surface area (Å²) < 4.78 is 0. The molecule has 1 saturated heterocycles. The minimum absolute atomic E-state index is 0.218. The number of carbonyl (C=O) groups is 1. The molecule has 1 atom stereocenters. The van der Waals surface area contributed by atoms with Crippen molar-refractivity contribution in [2.24, 2.45) is 11.8 Å². The van der Waals surface area contributed by atoms with E-state index in [4.69, 9.17) is 11.6 Å². The van der Waals surface area contributed by atoms with Gasteiger partial charge in [-0.25, -0.2) is 0 Å². The number of benzene rings is 1. The Morgan fingerprint density at radius 1 is 1.27 bits per heavy atom. The number of hydrogen-bond acceptors (Lipinski definition) is 2. The van der Waals surface area contributed by atoms with Gasteiger partial charge < -0.3 is 10.0 Å². The third kappa shape index (κ3) is 4.72. The highest BCUT2D eigenvalue weighted by molar-refractivity contribution is 6.30. The van der Waals surface area contributed by atoms with Gasteiger partial charge in [0.15, 0.2) is 0 Å².